The summed E-state index contributed by atoms with van der Waals surface area (Å²) in [6.45, 7) is 6.49. The van der Waals surface area contributed by atoms with Crippen molar-refractivity contribution in [2.45, 2.75) is 78.1 Å². The van der Waals surface area contributed by atoms with Crippen molar-refractivity contribution >= 4 is 5.97 Å². The van der Waals surface area contributed by atoms with Crippen LogP contribution in [0, 0.1) is 5.82 Å². The summed E-state index contributed by atoms with van der Waals surface area (Å²) in [6.07, 6.45) is 9.89. The molecular weight excluding hydrogens is 341 g/mol. The third-order valence-electron chi connectivity index (χ3n) is 5.10. The molecule has 0 saturated heterocycles. The number of H-pyrrole nitrogens is 1. The number of carboxylic acid groups (broad SMARTS) is 1. The summed E-state index contributed by atoms with van der Waals surface area (Å²) < 4.78 is 13.9. The number of halogens is 1. The molecule has 0 aliphatic carbocycles. The summed E-state index contributed by atoms with van der Waals surface area (Å²) in [7, 11) is 0. The SMILES string of the molecule is CCCCCCCCCc1cccc(-c2cc(F)c(C(=O)O)[nH]2)c1C(C)C. The first-order chi connectivity index (χ1) is 13.0. The number of aromatic carboxylic acids is 1. The van der Waals surface area contributed by atoms with Gasteiger partial charge in [-0.2, -0.15) is 0 Å². The van der Waals surface area contributed by atoms with Crippen molar-refractivity contribution in [3.05, 3.63) is 46.9 Å². The molecule has 0 aliphatic rings. The molecule has 2 rings (SSSR count). The van der Waals surface area contributed by atoms with E-state index in [0.717, 1.165) is 18.4 Å². The van der Waals surface area contributed by atoms with Crippen LogP contribution in [0.4, 0.5) is 4.39 Å². The van der Waals surface area contributed by atoms with Gasteiger partial charge in [-0.1, -0.05) is 77.5 Å². The highest BCUT2D eigenvalue weighted by Crippen LogP contribution is 2.33. The molecule has 4 heteroatoms. The standard InChI is InChI=1S/C23H32FNO2/c1-4-5-6-7-8-9-10-12-17-13-11-14-18(21(17)16(2)3)20-15-19(24)22(25-20)23(26)27/h11,13-16,25H,4-10,12H2,1-3H3,(H,26,27). The molecule has 1 aromatic carbocycles. The Kier molecular flexibility index (Phi) is 8.08. The zero-order valence-electron chi connectivity index (χ0n) is 16.8. The van der Waals surface area contributed by atoms with Crippen LogP contribution in [0.15, 0.2) is 24.3 Å². The van der Waals surface area contributed by atoms with Crippen molar-refractivity contribution < 1.29 is 14.3 Å². The molecule has 2 N–H and O–H groups in total. The maximum absolute atomic E-state index is 13.9. The van der Waals surface area contributed by atoms with Crippen LogP contribution in [0.3, 0.4) is 0 Å². The Hall–Kier alpha value is -2.10. The molecule has 0 bridgehead atoms. The molecule has 0 unspecified atom stereocenters. The molecule has 0 fully saturated rings. The van der Waals surface area contributed by atoms with E-state index in [4.69, 9.17) is 5.11 Å². The normalized spacial score (nSPS) is 11.3. The number of hydrogen-bond donors (Lipinski definition) is 2. The summed E-state index contributed by atoms with van der Waals surface area (Å²) in [5, 5.41) is 9.11. The number of nitrogens with one attached hydrogen (secondary N) is 1. The minimum atomic E-state index is -1.27. The first kappa shape index (κ1) is 21.2. The van der Waals surface area contributed by atoms with Gasteiger partial charge in [-0.3, -0.25) is 0 Å². The van der Waals surface area contributed by atoms with Crippen LogP contribution in [-0.4, -0.2) is 16.1 Å². The van der Waals surface area contributed by atoms with Gasteiger partial charge in [-0.25, -0.2) is 9.18 Å². The third kappa shape index (κ3) is 5.69. The first-order valence-corrected chi connectivity index (χ1v) is 10.2. The van der Waals surface area contributed by atoms with Gasteiger partial charge < -0.3 is 10.1 Å². The third-order valence-corrected chi connectivity index (χ3v) is 5.10. The maximum Gasteiger partial charge on any atom is 0.355 e. The topological polar surface area (TPSA) is 53.1 Å². The number of unbranched alkanes of at least 4 members (excludes halogenated alkanes) is 6. The molecule has 0 spiro atoms. The Labute approximate surface area is 162 Å². The van der Waals surface area contributed by atoms with E-state index in [1.165, 1.54) is 55.7 Å². The molecule has 0 saturated carbocycles. The van der Waals surface area contributed by atoms with Gasteiger partial charge in [0.25, 0.3) is 0 Å². The van der Waals surface area contributed by atoms with E-state index in [1.54, 1.807) is 0 Å². The van der Waals surface area contributed by atoms with Gasteiger partial charge in [0.15, 0.2) is 11.5 Å². The summed E-state index contributed by atoms with van der Waals surface area (Å²) >= 11 is 0. The van der Waals surface area contributed by atoms with E-state index in [9.17, 15) is 9.18 Å². The lowest BCUT2D eigenvalue weighted by Crippen LogP contribution is -2.01. The van der Waals surface area contributed by atoms with Gasteiger partial charge in [0.05, 0.1) is 0 Å². The monoisotopic (exact) mass is 373 g/mol. The molecular formula is C23H32FNO2. The Morgan fingerprint density at radius 2 is 1.78 bits per heavy atom. The summed E-state index contributed by atoms with van der Waals surface area (Å²) in [5.74, 6) is -1.71. The predicted octanol–water partition coefficient (Wildman–Crippen LogP) is 6.94. The Morgan fingerprint density at radius 1 is 1.11 bits per heavy atom. The number of carboxylic acids is 1. The van der Waals surface area contributed by atoms with E-state index >= 15 is 0 Å². The van der Waals surface area contributed by atoms with Gasteiger partial charge in [-0.15, -0.1) is 0 Å². The van der Waals surface area contributed by atoms with Crippen molar-refractivity contribution in [1.82, 2.24) is 4.98 Å². The first-order valence-electron chi connectivity index (χ1n) is 10.2. The molecule has 148 valence electrons. The Balaban J connectivity index is 2.14. The average molecular weight is 374 g/mol. The van der Waals surface area contributed by atoms with Crippen molar-refractivity contribution in [3.63, 3.8) is 0 Å². The maximum atomic E-state index is 13.9. The van der Waals surface area contributed by atoms with Gasteiger partial charge in [0.2, 0.25) is 0 Å². The van der Waals surface area contributed by atoms with E-state index in [0.29, 0.717) is 5.69 Å². The number of hydrogen-bond acceptors (Lipinski definition) is 1. The minimum absolute atomic E-state index is 0.278. The Bertz CT molecular complexity index is 749. The molecule has 27 heavy (non-hydrogen) atoms. The van der Waals surface area contributed by atoms with Gasteiger partial charge in [-0.05, 0) is 29.9 Å². The molecule has 0 radical (unpaired) electrons. The predicted molar refractivity (Wildman–Crippen MR) is 109 cm³/mol. The largest absolute Gasteiger partial charge is 0.476 e. The molecule has 0 aliphatic heterocycles. The lowest BCUT2D eigenvalue weighted by Gasteiger charge is -2.17. The van der Waals surface area contributed by atoms with Gasteiger partial charge >= 0.3 is 5.97 Å². The van der Waals surface area contributed by atoms with Crippen LogP contribution >= 0.6 is 0 Å². The van der Waals surface area contributed by atoms with Crippen LogP contribution in [0.1, 0.15) is 93.3 Å². The zero-order valence-corrected chi connectivity index (χ0v) is 16.8. The zero-order chi connectivity index (χ0) is 19.8. The highest BCUT2D eigenvalue weighted by Gasteiger charge is 2.19. The van der Waals surface area contributed by atoms with Gasteiger partial charge in [0.1, 0.15) is 0 Å². The number of rotatable bonds is 11. The molecule has 0 amide bonds. The highest BCUT2D eigenvalue weighted by atomic mass is 19.1. The highest BCUT2D eigenvalue weighted by molar-refractivity contribution is 5.87. The average Bonchev–Trinajstić information content (AvgIpc) is 3.02. The quantitative estimate of drug-likeness (QED) is 0.419. The second-order valence-electron chi connectivity index (χ2n) is 7.62. The summed E-state index contributed by atoms with van der Waals surface area (Å²) in [5.41, 5.74) is 3.52. The smallest absolute Gasteiger partial charge is 0.355 e. The fourth-order valence-corrected chi connectivity index (χ4v) is 3.75. The van der Waals surface area contributed by atoms with E-state index in [2.05, 4.69) is 31.8 Å². The lowest BCUT2D eigenvalue weighted by atomic mass is 9.88. The van der Waals surface area contributed by atoms with Crippen molar-refractivity contribution in [3.8, 4) is 11.3 Å². The number of benzene rings is 1. The van der Waals surface area contributed by atoms with E-state index < -0.39 is 11.8 Å². The number of aryl methyl sites for hydroxylation is 1. The second kappa shape index (κ2) is 10.3. The molecule has 1 aromatic heterocycles. The second-order valence-corrected chi connectivity index (χ2v) is 7.62. The number of carbonyl (C=O) groups is 1. The molecule has 3 nitrogen and oxygen atoms in total. The molecule has 0 atom stereocenters. The van der Waals surface area contributed by atoms with Crippen molar-refractivity contribution in [1.29, 1.82) is 0 Å². The lowest BCUT2D eigenvalue weighted by molar-refractivity contribution is 0.0686. The molecule has 2 aromatic rings. The van der Waals surface area contributed by atoms with E-state index in [1.807, 2.05) is 12.1 Å². The van der Waals surface area contributed by atoms with Gasteiger partial charge in [0, 0.05) is 17.3 Å². The fourth-order valence-electron chi connectivity index (χ4n) is 3.75. The van der Waals surface area contributed by atoms with Crippen molar-refractivity contribution in [2.75, 3.05) is 0 Å². The van der Waals surface area contributed by atoms with Crippen LogP contribution < -0.4 is 0 Å². The number of aromatic amines is 1. The fraction of sp³-hybridized carbons (Fsp3) is 0.522. The van der Waals surface area contributed by atoms with Crippen LogP contribution in [0.25, 0.3) is 11.3 Å². The van der Waals surface area contributed by atoms with Crippen molar-refractivity contribution in [2.24, 2.45) is 0 Å². The van der Waals surface area contributed by atoms with E-state index in [-0.39, 0.29) is 11.6 Å². The number of aromatic nitrogens is 1. The minimum Gasteiger partial charge on any atom is -0.476 e. The Morgan fingerprint density at radius 3 is 2.37 bits per heavy atom. The van der Waals surface area contributed by atoms with Crippen LogP contribution in [0.2, 0.25) is 0 Å². The van der Waals surface area contributed by atoms with Crippen LogP contribution in [0.5, 0.6) is 0 Å². The van der Waals surface area contributed by atoms with Crippen LogP contribution in [-0.2, 0) is 6.42 Å². The summed E-state index contributed by atoms with van der Waals surface area (Å²) in [4.78, 5) is 13.9. The molecule has 1 heterocycles. The summed E-state index contributed by atoms with van der Waals surface area (Å²) in [6, 6.07) is 7.37.